The van der Waals surface area contributed by atoms with Crippen LogP contribution in [-0.4, -0.2) is 49.4 Å². The maximum Gasteiger partial charge on any atom is 0.412 e. The summed E-state index contributed by atoms with van der Waals surface area (Å²) in [5.74, 6) is 0. The van der Waals surface area contributed by atoms with Crippen LogP contribution in [0.15, 0.2) is 12.7 Å². The van der Waals surface area contributed by atoms with Gasteiger partial charge in [-0.1, -0.05) is 61.5 Å². The van der Waals surface area contributed by atoms with Crippen LogP contribution in [0.4, 0.5) is 4.79 Å². The van der Waals surface area contributed by atoms with Gasteiger partial charge in [0.2, 0.25) is 0 Å². The average molecular weight is 512 g/mol. The number of ether oxygens (including phenoxy) is 2. The molecule has 0 unspecified atom stereocenters. The first-order valence-corrected chi connectivity index (χ1v) is 15.9. The highest BCUT2D eigenvalue weighted by Crippen LogP contribution is 2.44. The molecule has 1 amide bonds. The minimum absolute atomic E-state index is 0.0216. The van der Waals surface area contributed by atoms with Gasteiger partial charge in [-0.2, -0.15) is 0 Å². The highest BCUT2D eigenvalue weighted by atomic mass is 28.4. The van der Waals surface area contributed by atoms with E-state index in [4.69, 9.17) is 13.9 Å². The fourth-order valence-corrected chi connectivity index (χ4v) is 11.6. The topological polar surface area (TPSA) is 48.0 Å². The lowest BCUT2D eigenvalue weighted by molar-refractivity contribution is -0.0798. The first-order valence-electron chi connectivity index (χ1n) is 13.8. The van der Waals surface area contributed by atoms with Crippen LogP contribution in [-0.2, 0) is 13.9 Å². The zero-order valence-electron chi connectivity index (χ0n) is 25.3. The Labute approximate surface area is 218 Å². The molecule has 1 fully saturated rings. The van der Waals surface area contributed by atoms with Gasteiger partial charge in [-0.15, -0.1) is 6.58 Å². The van der Waals surface area contributed by atoms with Crippen LogP contribution in [0.5, 0.6) is 0 Å². The second-order valence-electron chi connectivity index (χ2n) is 13.7. The summed E-state index contributed by atoms with van der Waals surface area (Å²) in [6.45, 7) is 32.9. The van der Waals surface area contributed by atoms with Gasteiger partial charge in [0, 0.05) is 6.61 Å². The monoisotopic (exact) mass is 511 g/mol. The predicted octanol–water partition coefficient (Wildman–Crippen LogP) is 8.69. The molecule has 0 N–H and O–H groups in total. The molecule has 0 saturated carbocycles. The summed E-state index contributed by atoms with van der Waals surface area (Å²) in [5.41, 5.74) is 0.410. The quantitative estimate of drug-likeness (QED) is 0.194. The van der Waals surface area contributed by atoms with Crippen LogP contribution in [0.25, 0.3) is 0 Å². The maximum absolute atomic E-state index is 13.3. The number of hydrogen-bond acceptors (Lipinski definition) is 4. The molecule has 35 heavy (non-hydrogen) atoms. The van der Waals surface area contributed by atoms with Crippen LogP contribution in [0.3, 0.4) is 0 Å². The van der Waals surface area contributed by atoms with Crippen molar-refractivity contribution in [1.29, 1.82) is 0 Å². The molecule has 0 aliphatic carbocycles. The number of rotatable bonds is 12. The minimum atomic E-state index is -1.90. The van der Waals surface area contributed by atoms with Gasteiger partial charge in [0.05, 0.1) is 12.1 Å². The lowest BCUT2D eigenvalue weighted by atomic mass is 9.80. The third kappa shape index (κ3) is 8.33. The van der Waals surface area contributed by atoms with Gasteiger partial charge >= 0.3 is 6.09 Å². The van der Waals surface area contributed by atoms with Gasteiger partial charge in [-0.05, 0) is 82.3 Å². The summed E-state index contributed by atoms with van der Waals surface area (Å²) in [6, 6.07) is -0.0582. The molecule has 1 rings (SSSR count). The van der Waals surface area contributed by atoms with Crippen LogP contribution in [0.2, 0.25) is 16.6 Å². The Hall–Kier alpha value is -0.853. The van der Waals surface area contributed by atoms with E-state index in [1.54, 1.807) is 0 Å². The molecule has 1 aliphatic heterocycles. The van der Waals surface area contributed by atoms with E-state index < -0.39 is 19.6 Å². The summed E-state index contributed by atoms with van der Waals surface area (Å²) in [6.07, 6.45) is 5.05. The van der Waals surface area contributed by atoms with E-state index >= 15 is 0 Å². The number of hydrogen-bond donors (Lipinski definition) is 0. The van der Waals surface area contributed by atoms with Gasteiger partial charge in [0.1, 0.15) is 11.3 Å². The zero-order chi connectivity index (χ0) is 27.4. The molecule has 0 aromatic rings. The van der Waals surface area contributed by atoms with E-state index in [1.807, 2.05) is 45.6 Å². The molecule has 2 atom stereocenters. The molecule has 1 saturated heterocycles. The van der Waals surface area contributed by atoms with Gasteiger partial charge < -0.3 is 13.9 Å². The molecule has 0 aromatic carbocycles. The number of nitrogens with zero attached hydrogens (tertiary/aromatic N) is 1. The van der Waals surface area contributed by atoms with Crippen molar-refractivity contribution >= 4 is 14.4 Å². The highest BCUT2D eigenvalue weighted by molar-refractivity contribution is 6.77. The SMILES string of the molecule is C=CCC[C@@H]1OC(C)(C)N(C(=O)OC(C)(C)C)[C@H]1CC(C)(C)CCO[Si](C(C)C)(C(C)C)C(C)C. The van der Waals surface area contributed by atoms with Gasteiger partial charge in [-0.3, -0.25) is 4.90 Å². The zero-order valence-corrected chi connectivity index (χ0v) is 26.3. The van der Waals surface area contributed by atoms with Gasteiger partial charge in [0.15, 0.2) is 8.32 Å². The van der Waals surface area contributed by atoms with Crippen molar-refractivity contribution in [2.24, 2.45) is 5.41 Å². The van der Waals surface area contributed by atoms with Crippen molar-refractivity contribution in [3.8, 4) is 0 Å². The van der Waals surface area contributed by atoms with Crippen molar-refractivity contribution in [3.63, 3.8) is 0 Å². The normalized spacial score (nSPS) is 21.3. The molecule has 0 aromatic heterocycles. The molecular formula is C29H57NO4Si. The lowest BCUT2D eigenvalue weighted by Gasteiger charge is -2.43. The van der Waals surface area contributed by atoms with Crippen molar-refractivity contribution in [3.05, 3.63) is 12.7 Å². The molecule has 1 heterocycles. The van der Waals surface area contributed by atoms with Crippen molar-refractivity contribution in [1.82, 2.24) is 4.90 Å². The van der Waals surface area contributed by atoms with E-state index in [0.717, 1.165) is 32.3 Å². The molecule has 0 bridgehead atoms. The molecule has 5 nitrogen and oxygen atoms in total. The van der Waals surface area contributed by atoms with E-state index in [2.05, 4.69) is 62.0 Å². The minimum Gasteiger partial charge on any atom is -0.444 e. The number of amides is 1. The van der Waals surface area contributed by atoms with E-state index in [1.165, 1.54) is 0 Å². The summed E-state index contributed by atoms with van der Waals surface area (Å²) < 4.78 is 19.2. The molecule has 0 radical (unpaired) electrons. The van der Waals surface area contributed by atoms with Gasteiger partial charge in [0.25, 0.3) is 0 Å². The Kier molecular flexibility index (Phi) is 11.1. The van der Waals surface area contributed by atoms with E-state index in [0.29, 0.717) is 16.6 Å². The first-order chi connectivity index (χ1) is 15.8. The average Bonchev–Trinajstić information content (AvgIpc) is 2.89. The van der Waals surface area contributed by atoms with Crippen molar-refractivity contribution in [2.45, 2.75) is 156 Å². The Bertz CT molecular complexity index is 672. The molecule has 0 spiro atoms. The smallest absolute Gasteiger partial charge is 0.412 e. The summed E-state index contributed by atoms with van der Waals surface area (Å²) >= 11 is 0. The van der Waals surface area contributed by atoms with Crippen molar-refractivity contribution < 1.29 is 18.7 Å². The first kappa shape index (κ1) is 32.2. The Morgan fingerprint density at radius 3 is 2.00 bits per heavy atom. The van der Waals surface area contributed by atoms with Crippen LogP contribution < -0.4 is 0 Å². The summed E-state index contributed by atoms with van der Waals surface area (Å²) in [7, 11) is -1.90. The Balaban J connectivity index is 3.12. The second-order valence-corrected chi connectivity index (χ2v) is 19.1. The van der Waals surface area contributed by atoms with Gasteiger partial charge in [-0.25, -0.2) is 4.79 Å². The third-order valence-electron chi connectivity index (χ3n) is 7.63. The third-order valence-corrected chi connectivity index (χ3v) is 13.7. The molecule has 6 heteroatoms. The fourth-order valence-electron chi connectivity index (χ4n) is 6.17. The second kappa shape index (κ2) is 12.1. The Morgan fingerprint density at radius 2 is 1.57 bits per heavy atom. The van der Waals surface area contributed by atoms with Crippen molar-refractivity contribution in [2.75, 3.05) is 6.61 Å². The van der Waals surface area contributed by atoms with Crippen LogP contribution >= 0.6 is 0 Å². The molecule has 206 valence electrons. The summed E-state index contributed by atoms with van der Waals surface area (Å²) in [4.78, 5) is 15.2. The largest absolute Gasteiger partial charge is 0.444 e. The van der Waals surface area contributed by atoms with E-state index in [9.17, 15) is 4.79 Å². The van der Waals surface area contributed by atoms with Crippen LogP contribution in [0, 0.1) is 5.41 Å². The predicted molar refractivity (Wildman–Crippen MR) is 150 cm³/mol. The number of allylic oxidation sites excluding steroid dienone is 1. The summed E-state index contributed by atoms with van der Waals surface area (Å²) in [5, 5.41) is 0. The number of carbonyl (C=O) groups excluding carboxylic acids is 1. The highest BCUT2D eigenvalue weighted by Gasteiger charge is 2.52. The fraction of sp³-hybridized carbons (Fsp3) is 0.897. The van der Waals surface area contributed by atoms with E-state index in [-0.39, 0.29) is 23.7 Å². The molecule has 1 aliphatic rings. The lowest BCUT2D eigenvalue weighted by Crippen LogP contribution is -2.51. The maximum atomic E-state index is 13.3. The van der Waals surface area contributed by atoms with Crippen LogP contribution in [0.1, 0.15) is 116 Å². The number of carbonyl (C=O) groups is 1. The standard InChI is InChI=1S/C29H57NO4Si/c1-15-16-17-25-24(30(29(13,14)33-25)26(31)34-27(8,9)10)20-28(11,12)18-19-32-35(21(2)3,22(4)5)23(6)7/h15,21-25H,1,16-20H2,2-14H3/t24-,25-/m0/s1. The Morgan fingerprint density at radius 1 is 1.06 bits per heavy atom. The molecular weight excluding hydrogens is 454 g/mol.